The fraction of sp³-hybridized carbons (Fsp3) is 0.429. The summed E-state index contributed by atoms with van der Waals surface area (Å²) in [4.78, 5) is 77.2. The van der Waals surface area contributed by atoms with Crippen molar-refractivity contribution in [3.05, 3.63) is 83.3 Å². The van der Waals surface area contributed by atoms with E-state index >= 15 is 0 Å². The van der Waals surface area contributed by atoms with Crippen LogP contribution in [0.15, 0.2) is 72.1 Å². The molecule has 13 nitrogen and oxygen atoms in total. The van der Waals surface area contributed by atoms with Crippen molar-refractivity contribution in [2.75, 3.05) is 12.9 Å². The van der Waals surface area contributed by atoms with Crippen molar-refractivity contribution in [2.45, 2.75) is 65.1 Å². The van der Waals surface area contributed by atoms with E-state index in [-0.39, 0.29) is 26.1 Å². The van der Waals surface area contributed by atoms with Crippen LogP contribution in [0.4, 0.5) is 0 Å². The molecule has 0 aromatic heterocycles. The second-order valence-corrected chi connectivity index (χ2v) is 13.7. The molecule has 2 amide bonds. The number of carboxylic acids is 1. The number of esters is 2. The van der Waals surface area contributed by atoms with Crippen molar-refractivity contribution < 1.29 is 51.8 Å². The highest BCUT2D eigenvalue weighted by molar-refractivity contribution is 7.93. The summed E-state index contributed by atoms with van der Waals surface area (Å²) in [6.45, 7) is 5.00. The Bertz CT molecular complexity index is 1570. The van der Waals surface area contributed by atoms with Crippen LogP contribution in [0.1, 0.15) is 63.6 Å². The van der Waals surface area contributed by atoms with Gasteiger partial charge >= 0.3 is 17.9 Å². The van der Waals surface area contributed by atoms with Crippen LogP contribution in [0.2, 0.25) is 0 Å². The molecular formula is C35H44N2O11S. The SMILES string of the molecule is CCOC(=O)C[C@@H](/C=C/S(C)(=O)=O)NC(=O)[C@@H](CC(=O)[C@@H](NC(=O)[C@H](CC(=O)O)CC(=O)OCc1ccccc1)c1ccccc1)C(C)C. The molecule has 266 valence electrons. The first kappa shape index (κ1) is 40.3. The lowest BCUT2D eigenvalue weighted by atomic mass is 9.86. The quantitative estimate of drug-likeness (QED) is 0.171. The van der Waals surface area contributed by atoms with Gasteiger partial charge in [-0.25, -0.2) is 8.42 Å². The van der Waals surface area contributed by atoms with E-state index in [0.29, 0.717) is 11.1 Å². The van der Waals surface area contributed by atoms with Crippen LogP contribution in [0.5, 0.6) is 0 Å². The molecule has 0 radical (unpaired) electrons. The molecule has 0 saturated heterocycles. The number of nitrogens with one attached hydrogen (secondary N) is 2. The maximum atomic E-state index is 13.9. The van der Waals surface area contributed by atoms with Crippen LogP contribution >= 0.6 is 0 Å². The van der Waals surface area contributed by atoms with Crippen molar-refractivity contribution in [2.24, 2.45) is 17.8 Å². The Morgan fingerprint density at radius 3 is 1.94 bits per heavy atom. The summed E-state index contributed by atoms with van der Waals surface area (Å²) in [6, 6.07) is 14.6. The second-order valence-electron chi connectivity index (χ2n) is 11.8. The molecule has 14 heteroatoms. The molecule has 0 heterocycles. The average Bonchev–Trinajstić information content (AvgIpc) is 3.03. The smallest absolute Gasteiger partial charge is 0.308 e. The summed E-state index contributed by atoms with van der Waals surface area (Å²) >= 11 is 0. The lowest BCUT2D eigenvalue weighted by Gasteiger charge is -2.26. The number of amides is 2. The van der Waals surface area contributed by atoms with Crippen molar-refractivity contribution in [1.82, 2.24) is 10.6 Å². The number of carboxylic acid groups (broad SMARTS) is 1. The first-order chi connectivity index (χ1) is 23.1. The summed E-state index contributed by atoms with van der Waals surface area (Å²) in [5, 5.41) is 15.6. The van der Waals surface area contributed by atoms with E-state index in [0.717, 1.165) is 17.7 Å². The van der Waals surface area contributed by atoms with Crippen molar-refractivity contribution in [3.8, 4) is 0 Å². The highest BCUT2D eigenvalue weighted by Gasteiger charge is 2.34. The fourth-order valence-electron chi connectivity index (χ4n) is 4.78. The van der Waals surface area contributed by atoms with Crippen LogP contribution in [0.25, 0.3) is 0 Å². The van der Waals surface area contributed by atoms with Crippen molar-refractivity contribution >= 4 is 45.3 Å². The van der Waals surface area contributed by atoms with Gasteiger partial charge < -0.3 is 25.2 Å². The molecule has 0 aliphatic heterocycles. The third-order valence-electron chi connectivity index (χ3n) is 7.33. The fourth-order valence-corrected chi connectivity index (χ4v) is 5.26. The van der Waals surface area contributed by atoms with Gasteiger partial charge in [0.05, 0.1) is 37.8 Å². The number of rotatable bonds is 20. The zero-order valence-electron chi connectivity index (χ0n) is 28.0. The number of ketones is 1. The third kappa shape index (κ3) is 15.3. The number of benzene rings is 2. The number of carbonyl (C=O) groups excluding carboxylic acids is 5. The minimum atomic E-state index is -3.59. The maximum Gasteiger partial charge on any atom is 0.308 e. The van der Waals surface area contributed by atoms with E-state index in [1.165, 1.54) is 0 Å². The number of hydrogen-bond acceptors (Lipinski definition) is 10. The number of carbonyl (C=O) groups is 6. The monoisotopic (exact) mass is 700 g/mol. The molecule has 4 atom stereocenters. The maximum absolute atomic E-state index is 13.9. The molecule has 2 aromatic rings. The zero-order chi connectivity index (χ0) is 36.6. The van der Waals surface area contributed by atoms with Gasteiger partial charge in [-0.1, -0.05) is 80.6 Å². The van der Waals surface area contributed by atoms with Gasteiger partial charge in [-0.05, 0) is 24.0 Å². The van der Waals surface area contributed by atoms with E-state index in [2.05, 4.69) is 10.6 Å². The van der Waals surface area contributed by atoms with Crippen molar-refractivity contribution in [3.63, 3.8) is 0 Å². The Balaban J connectivity index is 2.28. The molecule has 0 aliphatic rings. The van der Waals surface area contributed by atoms with Crippen LogP contribution in [0, 0.1) is 17.8 Å². The highest BCUT2D eigenvalue weighted by atomic mass is 32.2. The van der Waals surface area contributed by atoms with Gasteiger partial charge in [-0.15, -0.1) is 0 Å². The third-order valence-corrected chi connectivity index (χ3v) is 7.98. The molecule has 0 saturated carbocycles. The first-order valence-corrected chi connectivity index (χ1v) is 17.7. The minimum Gasteiger partial charge on any atom is -0.481 e. The molecule has 3 N–H and O–H groups in total. The molecule has 0 spiro atoms. The van der Waals surface area contributed by atoms with E-state index < -0.39 is 88.0 Å². The Labute approximate surface area is 286 Å². The summed E-state index contributed by atoms with van der Waals surface area (Å²) in [6.07, 6.45) is 0.112. The minimum absolute atomic E-state index is 0.0739. The highest BCUT2D eigenvalue weighted by Crippen LogP contribution is 2.24. The van der Waals surface area contributed by atoms with Gasteiger partial charge in [0.15, 0.2) is 15.6 Å². The topological polar surface area (TPSA) is 199 Å². The molecule has 0 unspecified atom stereocenters. The van der Waals surface area contributed by atoms with E-state index in [9.17, 15) is 42.3 Å². The zero-order valence-corrected chi connectivity index (χ0v) is 28.8. The van der Waals surface area contributed by atoms with Crippen molar-refractivity contribution in [1.29, 1.82) is 0 Å². The molecule has 2 aromatic carbocycles. The summed E-state index contributed by atoms with van der Waals surface area (Å²) in [5.74, 6) is -7.66. The number of ether oxygens (including phenoxy) is 2. The standard InChI is InChI=1S/C35H44N2O11S/c1-5-47-32(42)20-27(16-17-49(4,45)46)36-35(44)28(23(2)3)21-29(38)33(25-14-10-7-11-15-25)37-34(43)26(18-30(39)40)19-31(41)48-22-24-12-8-6-9-13-24/h6-17,23,26-28,33H,5,18-22H2,1-4H3,(H,36,44)(H,37,43)(H,39,40)/b17-16+/t26-,27-,28+,33+/m1/s1. The Morgan fingerprint density at radius 2 is 1.39 bits per heavy atom. The van der Waals surface area contributed by atoms with Crippen LogP contribution in [0.3, 0.4) is 0 Å². The Kier molecular flexibility index (Phi) is 16.3. The van der Waals surface area contributed by atoms with E-state index in [1.54, 1.807) is 81.4 Å². The lowest BCUT2D eigenvalue weighted by Crippen LogP contribution is -2.44. The molecule has 49 heavy (non-hydrogen) atoms. The molecule has 0 aliphatic carbocycles. The molecular weight excluding hydrogens is 656 g/mol. The number of hydrogen-bond donors (Lipinski definition) is 3. The summed E-state index contributed by atoms with van der Waals surface area (Å²) < 4.78 is 33.6. The lowest BCUT2D eigenvalue weighted by molar-refractivity contribution is -0.150. The van der Waals surface area contributed by atoms with Crippen LogP contribution < -0.4 is 10.6 Å². The van der Waals surface area contributed by atoms with Gasteiger partial charge in [0.2, 0.25) is 11.8 Å². The Morgan fingerprint density at radius 1 is 0.796 bits per heavy atom. The van der Waals surface area contributed by atoms with E-state index in [1.807, 2.05) is 0 Å². The summed E-state index contributed by atoms with van der Waals surface area (Å²) in [5.41, 5.74) is 1.06. The average molecular weight is 701 g/mol. The predicted molar refractivity (Wildman–Crippen MR) is 179 cm³/mol. The predicted octanol–water partition coefficient (Wildman–Crippen LogP) is 3.30. The van der Waals surface area contributed by atoms with E-state index in [4.69, 9.17) is 9.47 Å². The number of aliphatic carboxylic acids is 1. The van der Waals surface area contributed by atoms with Crippen LogP contribution in [-0.2, 0) is 54.7 Å². The molecule has 0 bridgehead atoms. The number of Topliss-reactive ketones (excluding diaryl/α,β-unsaturated/α-hetero) is 1. The van der Waals surface area contributed by atoms with Gasteiger partial charge in [0.25, 0.3) is 0 Å². The largest absolute Gasteiger partial charge is 0.481 e. The molecule has 2 rings (SSSR count). The Hall–Kier alpha value is -4.85. The number of sulfone groups is 1. The van der Waals surface area contributed by atoms with Gasteiger partial charge in [0.1, 0.15) is 12.6 Å². The molecule has 0 fully saturated rings. The van der Waals surface area contributed by atoms with Gasteiger partial charge in [-0.3, -0.25) is 28.8 Å². The van der Waals surface area contributed by atoms with Gasteiger partial charge in [0, 0.05) is 24.0 Å². The van der Waals surface area contributed by atoms with Crippen LogP contribution in [-0.4, -0.2) is 67.9 Å². The second kappa shape index (κ2) is 19.8. The van der Waals surface area contributed by atoms with Gasteiger partial charge in [-0.2, -0.15) is 0 Å². The normalized spacial score (nSPS) is 13.9. The summed E-state index contributed by atoms with van der Waals surface area (Å²) in [7, 11) is -3.59. The first-order valence-electron chi connectivity index (χ1n) is 15.7.